The van der Waals surface area contributed by atoms with Gasteiger partial charge in [-0.2, -0.15) is 0 Å². The minimum Gasteiger partial charge on any atom is -0.390 e. The zero-order valence-electron chi connectivity index (χ0n) is 6.85. The molecular formula is C8H15NO3. The first-order valence-corrected chi connectivity index (χ1v) is 4.40. The molecule has 2 saturated carbocycles. The number of rotatable bonds is 0. The van der Waals surface area contributed by atoms with Gasteiger partial charge in [0.15, 0.2) is 0 Å². The van der Waals surface area contributed by atoms with Gasteiger partial charge < -0.3 is 21.1 Å². The molecule has 5 atom stereocenters. The van der Waals surface area contributed by atoms with Gasteiger partial charge in [0.25, 0.3) is 0 Å². The van der Waals surface area contributed by atoms with Crippen LogP contribution in [-0.2, 0) is 0 Å². The number of aliphatic hydroxyl groups excluding tert-OH is 2. The summed E-state index contributed by atoms with van der Waals surface area (Å²) in [6, 6.07) is -0.365. The molecule has 0 spiro atoms. The van der Waals surface area contributed by atoms with Crippen LogP contribution in [-0.4, -0.2) is 39.2 Å². The summed E-state index contributed by atoms with van der Waals surface area (Å²) in [5, 5.41) is 28.8. The molecule has 2 rings (SSSR count). The Morgan fingerprint density at radius 1 is 1.33 bits per heavy atom. The van der Waals surface area contributed by atoms with Crippen LogP contribution in [0.4, 0.5) is 0 Å². The highest BCUT2D eigenvalue weighted by Gasteiger charge is 2.56. The van der Waals surface area contributed by atoms with Gasteiger partial charge in [-0.25, -0.2) is 0 Å². The molecule has 2 aliphatic rings. The predicted molar refractivity (Wildman–Crippen MR) is 42.3 cm³/mol. The number of fused-ring (bicyclic) bond motifs is 2. The number of hydrogen-bond acceptors (Lipinski definition) is 4. The van der Waals surface area contributed by atoms with Crippen LogP contribution in [0.25, 0.3) is 0 Å². The maximum absolute atomic E-state index is 9.89. The normalized spacial score (nSPS) is 59.0. The highest BCUT2D eigenvalue weighted by atomic mass is 16.4. The van der Waals surface area contributed by atoms with Crippen LogP contribution < -0.4 is 5.73 Å². The van der Waals surface area contributed by atoms with Gasteiger partial charge in [0.2, 0.25) is 0 Å². The molecule has 0 aliphatic heterocycles. The van der Waals surface area contributed by atoms with Gasteiger partial charge in [-0.15, -0.1) is 0 Å². The summed E-state index contributed by atoms with van der Waals surface area (Å²) >= 11 is 0. The molecule has 5 unspecified atom stereocenters. The number of hydrogen-bond donors (Lipinski definition) is 4. The molecule has 0 aromatic heterocycles. The average Bonchev–Trinajstić information content (AvgIpc) is 2.25. The van der Waals surface area contributed by atoms with E-state index >= 15 is 0 Å². The van der Waals surface area contributed by atoms with E-state index in [1.165, 1.54) is 0 Å². The lowest BCUT2D eigenvalue weighted by atomic mass is 9.77. The van der Waals surface area contributed by atoms with Crippen LogP contribution in [0.1, 0.15) is 19.3 Å². The second kappa shape index (κ2) is 2.42. The lowest BCUT2D eigenvalue weighted by molar-refractivity contribution is -0.151. The van der Waals surface area contributed by atoms with Crippen LogP contribution >= 0.6 is 0 Å². The van der Waals surface area contributed by atoms with Gasteiger partial charge in [0, 0.05) is 6.04 Å². The fourth-order valence-corrected chi connectivity index (χ4v) is 2.55. The lowest BCUT2D eigenvalue weighted by Crippen LogP contribution is -2.62. The average molecular weight is 173 g/mol. The molecule has 0 amide bonds. The molecule has 2 fully saturated rings. The first kappa shape index (κ1) is 8.44. The summed E-state index contributed by atoms with van der Waals surface area (Å²) in [7, 11) is 0. The highest BCUT2D eigenvalue weighted by Crippen LogP contribution is 2.44. The first-order chi connectivity index (χ1) is 5.55. The fraction of sp³-hybridized carbons (Fsp3) is 1.00. The molecular weight excluding hydrogens is 158 g/mol. The standard InChI is InChI=1S/C8H15NO3/c9-6-4-1-2-8(6,12)7(11)5(10)3-4/h4-7,10-12H,1-3,9H2. The van der Waals surface area contributed by atoms with E-state index in [-0.39, 0.29) is 12.0 Å². The van der Waals surface area contributed by atoms with Crippen LogP contribution in [0.2, 0.25) is 0 Å². The molecule has 70 valence electrons. The van der Waals surface area contributed by atoms with Crippen LogP contribution in [0, 0.1) is 5.92 Å². The van der Waals surface area contributed by atoms with Crippen molar-refractivity contribution in [2.45, 2.75) is 43.1 Å². The van der Waals surface area contributed by atoms with Gasteiger partial charge in [-0.1, -0.05) is 0 Å². The van der Waals surface area contributed by atoms with Gasteiger partial charge >= 0.3 is 0 Å². The Kier molecular flexibility index (Phi) is 1.70. The monoisotopic (exact) mass is 173 g/mol. The van der Waals surface area contributed by atoms with Crippen molar-refractivity contribution in [2.24, 2.45) is 11.7 Å². The molecule has 4 nitrogen and oxygen atoms in total. The minimum absolute atomic E-state index is 0.174. The Morgan fingerprint density at radius 3 is 2.67 bits per heavy atom. The number of nitrogens with two attached hydrogens (primary N) is 1. The maximum Gasteiger partial charge on any atom is 0.110 e. The quantitative estimate of drug-likeness (QED) is 0.362. The van der Waals surface area contributed by atoms with E-state index in [0.717, 1.165) is 6.42 Å². The molecule has 2 aliphatic carbocycles. The second-order valence-corrected chi connectivity index (χ2v) is 4.06. The Labute approximate surface area is 71.0 Å². The summed E-state index contributed by atoms with van der Waals surface area (Å²) in [6.45, 7) is 0. The SMILES string of the molecule is NC1C2CCC1(O)C(O)C(O)C2. The van der Waals surface area contributed by atoms with Gasteiger partial charge in [-0.3, -0.25) is 0 Å². The summed E-state index contributed by atoms with van der Waals surface area (Å²) in [6.07, 6.45) is -0.0263. The van der Waals surface area contributed by atoms with Gasteiger partial charge in [0.05, 0.1) is 6.10 Å². The molecule has 0 aromatic rings. The molecule has 0 radical (unpaired) electrons. The van der Waals surface area contributed by atoms with Crippen molar-refractivity contribution in [3.63, 3.8) is 0 Å². The summed E-state index contributed by atoms with van der Waals surface area (Å²) in [4.78, 5) is 0. The largest absolute Gasteiger partial charge is 0.390 e. The third-order valence-electron chi connectivity index (χ3n) is 3.42. The van der Waals surface area contributed by atoms with E-state index in [0.29, 0.717) is 12.8 Å². The summed E-state index contributed by atoms with van der Waals surface area (Å²) in [5.74, 6) is 0.174. The third-order valence-corrected chi connectivity index (χ3v) is 3.42. The Balaban J connectivity index is 2.28. The summed E-state index contributed by atoms with van der Waals surface area (Å²) in [5.41, 5.74) is 4.52. The van der Waals surface area contributed by atoms with Crippen molar-refractivity contribution < 1.29 is 15.3 Å². The van der Waals surface area contributed by atoms with E-state index in [9.17, 15) is 15.3 Å². The molecule has 2 bridgehead atoms. The second-order valence-electron chi connectivity index (χ2n) is 4.06. The van der Waals surface area contributed by atoms with Crippen molar-refractivity contribution >= 4 is 0 Å². The van der Waals surface area contributed by atoms with E-state index in [1.54, 1.807) is 0 Å². The maximum atomic E-state index is 9.89. The van der Waals surface area contributed by atoms with Crippen molar-refractivity contribution in [3.8, 4) is 0 Å². The smallest absolute Gasteiger partial charge is 0.110 e. The van der Waals surface area contributed by atoms with E-state index < -0.39 is 17.8 Å². The van der Waals surface area contributed by atoms with Crippen molar-refractivity contribution in [1.29, 1.82) is 0 Å². The van der Waals surface area contributed by atoms with Crippen LogP contribution in [0.15, 0.2) is 0 Å². The molecule has 12 heavy (non-hydrogen) atoms. The third kappa shape index (κ3) is 0.864. The number of aliphatic hydroxyl groups is 3. The van der Waals surface area contributed by atoms with Crippen molar-refractivity contribution in [1.82, 2.24) is 0 Å². The fourth-order valence-electron chi connectivity index (χ4n) is 2.55. The van der Waals surface area contributed by atoms with Gasteiger partial charge in [-0.05, 0) is 25.2 Å². The van der Waals surface area contributed by atoms with Crippen LogP contribution in [0.5, 0.6) is 0 Å². The highest BCUT2D eigenvalue weighted by molar-refractivity contribution is 5.10. The van der Waals surface area contributed by atoms with Crippen molar-refractivity contribution in [2.75, 3.05) is 0 Å². The Morgan fingerprint density at radius 2 is 2.00 bits per heavy atom. The van der Waals surface area contributed by atoms with Crippen LogP contribution in [0.3, 0.4) is 0 Å². The molecule has 0 saturated heterocycles. The summed E-state index contributed by atoms with van der Waals surface area (Å²) < 4.78 is 0. The Bertz CT molecular complexity index is 199. The zero-order chi connectivity index (χ0) is 8.93. The predicted octanol–water partition coefficient (Wildman–Crippen LogP) is -1.42. The van der Waals surface area contributed by atoms with E-state index in [1.807, 2.05) is 0 Å². The topological polar surface area (TPSA) is 86.7 Å². The van der Waals surface area contributed by atoms with E-state index in [4.69, 9.17) is 5.73 Å². The first-order valence-electron chi connectivity index (χ1n) is 4.40. The van der Waals surface area contributed by atoms with E-state index in [2.05, 4.69) is 0 Å². The Hall–Kier alpha value is -0.160. The molecule has 0 aromatic carbocycles. The molecule has 5 N–H and O–H groups in total. The van der Waals surface area contributed by atoms with Gasteiger partial charge in [0.1, 0.15) is 11.7 Å². The minimum atomic E-state index is -1.23. The molecule has 0 heterocycles. The van der Waals surface area contributed by atoms with Crippen molar-refractivity contribution in [3.05, 3.63) is 0 Å². The lowest BCUT2D eigenvalue weighted by Gasteiger charge is -2.41. The zero-order valence-corrected chi connectivity index (χ0v) is 6.85. The molecule has 4 heteroatoms.